The number of anilines is 1. The van der Waals surface area contributed by atoms with E-state index in [2.05, 4.69) is 23.5 Å². The van der Waals surface area contributed by atoms with Crippen LogP contribution < -0.4 is 16.6 Å². The predicted molar refractivity (Wildman–Crippen MR) is 46.4 cm³/mol. The Hall–Kier alpha value is -1.06. The number of aryl methyl sites for hydroxylation is 1. The lowest BCUT2D eigenvalue weighted by Gasteiger charge is -2.04. The van der Waals surface area contributed by atoms with Crippen LogP contribution in [0.2, 0.25) is 0 Å². The fourth-order valence-electron chi connectivity index (χ4n) is 0.979. The van der Waals surface area contributed by atoms with E-state index in [0.29, 0.717) is 0 Å². The van der Waals surface area contributed by atoms with Crippen LogP contribution in [-0.2, 0) is 0 Å². The van der Waals surface area contributed by atoms with Gasteiger partial charge in [-0.3, -0.25) is 0 Å². The molecular formula is C8H14N3+. The lowest BCUT2D eigenvalue weighted by Crippen LogP contribution is -2.41. The van der Waals surface area contributed by atoms with E-state index in [9.17, 15) is 0 Å². The first-order valence-corrected chi connectivity index (χ1v) is 3.59. The van der Waals surface area contributed by atoms with E-state index in [1.807, 2.05) is 25.2 Å². The van der Waals surface area contributed by atoms with E-state index in [1.165, 1.54) is 5.56 Å². The van der Waals surface area contributed by atoms with Crippen molar-refractivity contribution >= 4 is 11.4 Å². The third kappa shape index (κ3) is 1.93. The average Bonchev–Trinajstić information content (AvgIpc) is 1.95. The molecule has 11 heavy (non-hydrogen) atoms. The summed E-state index contributed by atoms with van der Waals surface area (Å²) < 4.78 is 0. The average molecular weight is 152 g/mol. The molecule has 1 aromatic carbocycles. The van der Waals surface area contributed by atoms with Crippen molar-refractivity contribution in [2.75, 3.05) is 12.5 Å². The third-order valence-electron chi connectivity index (χ3n) is 1.52. The molecule has 5 N–H and O–H groups in total. The number of hydrogen-bond acceptors (Lipinski definition) is 2. The van der Waals surface area contributed by atoms with Gasteiger partial charge in [0.15, 0.2) is 5.69 Å². The second-order valence-electron chi connectivity index (χ2n) is 2.54. The van der Waals surface area contributed by atoms with E-state index >= 15 is 0 Å². The second-order valence-corrected chi connectivity index (χ2v) is 2.54. The highest BCUT2D eigenvalue weighted by Gasteiger charge is 1.98. The standard InChI is InChI=1S/C8H13N3/c1-6-3-4-8(11-10-2)7(9)5-6/h3-5,10-11H,9H2,1-2H3/p+1. The molecule has 0 radical (unpaired) electrons. The number of benzene rings is 1. The Labute approximate surface area is 66.6 Å². The fourth-order valence-corrected chi connectivity index (χ4v) is 0.979. The minimum atomic E-state index is 1.01. The highest BCUT2D eigenvalue weighted by molar-refractivity contribution is 5.60. The van der Waals surface area contributed by atoms with Crippen molar-refractivity contribution in [3.63, 3.8) is 0 Å². The SMILES string of the molecule is CNNc1ccc(C)cc1[NH3+]. The maximum Gasteiger partial charge on any atom is 0.152 e. The molecule has 1 aromatic rings. The van der Waals surface area contributed by atoms with Crippen LogP contribution in [0.25, 0.3) is 0 Å². The molecule has 0 bridgehead atoms. The summed E-state index contributed by atoms with van der Waals surface area (Å²) in [7, 11) is 1.83. The van der Waals surface area contributed by atoms with Crippen molar-refractivity contribution in [1.29, 1.82) is 0 Å². The molecule has 0 atom stereocenters. The fraction of sp³-hybridized carbons (Fsp3) is 0.250. The summed E-state index contributed by atoms with van der Waals surface area (Å²) in [4.78, 5) is 0. The molecule has 0 aromatic heterocycles. The Morgan fingerprint density at radius 1 is 1.36 bits per heavy atom. The molecule has 0 amide bonds. The van der Waals surface area contributed by atoms with Gasteiger partial charge in [0.1, 0.15) is 5.69 Å². The molecule has 0 unspecified atom stereocenters. The monoisotopic (exact) mass is 152 g/mol. The van der Waals surface area contributed by atoms with Crippen molar-refractivity contribution in [2.24, 2.45) is 0 Å². The minimum absolute atomic E-state index is 1.01. The molecule has 0 aliphatic carbocycles. The van der Waals surface area contributed by atoms with E-state index < -0.39 is 0 Å². The summed E-state index contributed by atoms with van der Waals surface area (Å²) in [6.07, 6.45) is 0. The van der Waals surface area contributed by atoms with Crippen LogP contribution in [0.5, 0.6) is 0 Å². The van der Waals surface area contributed by atoms with Gasteiger partial charge in [0.25, 0.3) is 0 Å². The second kappa shape index (κ2) is 3.37. The molecule has 0 aliphatic heterocycles. The van der Waals surface area contributed by atoms with Gasteiger partial charge in [-0.15, -0.1) is 0 Å². The zero-order chi connectivity index (χ0) is 8.27. The Balaban J connectivity index is 2.90. The van der Waals surface area contributed by atoms with Crippen LogP contribution >= 0.6 is 0 Å². The van der Waals surface area contributed by atoms with Gasteiger partial charge >= 0.3 is 0 Å². The van der Waals surface area contributed by atoms with Crippen molar-refractivity contribution in [3.05, 3.63) is 23.8 Å². The van der Waals surface area contributed by atoms with Crippen LogP contribution in [-0.4, -0.2) is 7.05 Å². The van der Waals surface area contributed by atoms with Crippen molar-refractivity contribution < 1.29 is 5.73 Å². The Kier molecular flexibility index (Phi) is 2.46. The number of hydrogen-bond donors (Lipinski definition) is 3. The first-order chi connectivity index (χ1) is 5.24. The number of hydrazine groups is 1. The van der Waals surface area contributed by atoms with Crippen LogP contribution in [0, 0.1) is 6.92 Å². The lowest BCUT2D eigenvalue weighted by molar-refractivity contribution is -0.253. The van der Waals surface area contributed by atoms with E-state index in [1.54, 1.807) is 0 Å². The van der Waals surface area contributed by atoms with Crippen LogP contribution in [0.3, 0.4) is 0 Å². The Morgan fingerprint density at radius 3 is 2.64 bits per heavy atom. The number of quaternary nitrogens is 1. The normalized spacial score (nSPS) is 9.73. The minimum Gasteiger partial charge on any atom is -0.323 e. The third-order valence-corrected chi connectivity index (χ3v) is 1.52. The number of rotatable bonds is 2. The Morgan fingerprint density at radius 2 is 2.09 bits per heavy atom. The van der Waals surface area contributed by atoms with Gasteiger partial charge in [-0.2, -0.15) is 0 Å². The molecule has 0 fully saturated rings. The molecule has 60 valence electrons. The molecule has 0 spiro atoms. The molecule has 0 saturated heterocycles. The summed E-state index contributed by atoms with van der Waals surface area (Å²) in [5.41, 5.74) is 13.0. The van der Waals surface area contributed by atoms with Gasteiger partial charge in [-0.1, -0.05) is 6.07 Å². The van der Waals surface area contributed by atoms with Gasteiger partial charge in [-0.25, -0.2) is 5.43 Å². The topological polar surface area (TPSA) is 51.7 Å². The molecular weight excluding hydrogens is 138 g/mol. The first-order valence-electron chi connectivity index (χ1n) is 3.59. The number of nitrogens with one attached hydrogen (secondary N) is 2. The predicted octanol–water partition coefficient (Wildman–Crippen LogP) is 0.415. The summed E-state index contributed by atoms with van der Waals surface area (Å²) >= 11 is 0. The quantitative estimate of drug-likeness (QED) is 0.538. The van der Waals surface area contributed by atoms with E-state index in [0.717, 1.165) is 11.4 Å². The van der Waals surface area contributed by atoms with Gasteiger partial charge in [0.05, 0.1) is 0 Å². The largest absolute Gasteiger partial charge is 0.323 e. The molecule has 0 saturated carbocycles. The van der Waals surface area contributed by atoms with Crippen LogP contribution in [0.1, 0.15) is 5.56 Å². The van der Waals surface area contributed by atoms with Crippen molar-refractivity contribution in [3.8, 4) is 0 Å². The van der Waals surface area contributed by atoms with E-state index in [4.69, 9.17) is 0 Å². The highest BCUT2D eigenvalue weighted by atomic mass is 15.3. The van der Waals surface area contributed by atoms with Gasteiger partial charge in [-0.05, 0) is 18.6 Å². The molecule has 0 heterocycles. The molecule has 0 aliphatic rings. The molecule has 3 heteroatoms. The van der Waals surface area contributed by atoms with Crippen LogP contribution in [0.4, 0.5) is 11.4 Å². The van der Waals surface area contributed by atoms with Crippen LogP contribution in [0.15, 0.2) is 18.2 Å². The smallest absolute Gasteiger partial charge is 0.152 e. The van der Waals surface area contributed by atoms with Crippen molar-refractivity contribution in [2.45, 2.75) is 6.92 Å². The van der Waals surface area contributed by atoms with Gasteiger partial charge < -0.3 is 11.2 Å². The van der Waals surface area contributed by atoms with E-state index in [-0.39, 0.29) is 0 Å². The van der Waals surface area contributed by atoms with Crippen molar-refractivity contribution in [1.82, 2.24) is 5.43 Å². The maximum absolute atomic E-state index is 3.90. The molecule has 1 rings (SSSR count). The maximum atomic E-state index is 3.90. The summed E-state index contributed by atoms with van der Waals surface area (Å²) in [5.74, 6) is 0. The summed E-state index contributed by atoms with van der Waals surface area (Å²) in [6.45, 7) is 2.05. The highest BCUT2D eigenvalue weighted by Crippen LogP contribution is 2.16. The first kappa shape index (κ1) is 8.04. The van der Waals surface area contributed by atoms with Gasteiger partial charge in [0, 0.05) is 13.1 Å². The van der Waals surface area contributed by atoms with Gasteiger partial charge in [0.2, 0.25) is 0 Å². The summed E-state index contributed by atoms with van der Waals surface area (Å²) in [5, 5.41) is 0. The molecule has 3 nitrogen and oxygen atoms in total. The Bertz CT molecular complexity index is 245. The summed E-state index contributed by atoms with van der Waals surface area (Å²) in [6, 6.07) is 6.10. The lowest BCUT2D eigenvalue weighted by atomic mass is 10.2. The zero-order valence-electron chi connectivity index (χ0n) is 6.94. The zero-order valence-corrected chi connectivity index (χ0v) is 6.94.